The second-order valence-electron chi connectivity index (χ2n) is 7.33. The first-order valence-electron chi connectivity index (χ1n) is 8.64. The molecule has 2 atom stereocenters. The quantitative estimate of drug-likeness (QED) is 0.879. The number of nitrogens with zero attached hydrogens (tertiary/aromatic N) is 1. The Morgan fingerprint density at radius 3 is 2.64 bits per heavy atom. The number of carbonyl (C=O) groups excluding carboxylic acids is 1. The SMILES string of the molecule is COc1ccc(C(O)CC2CCCN2C(=O)OC(C)(C)C)c(OC)c1. The molecular formula is C19H29NO5. The zero-order chi connectivity index (χ0) is 18.6. The number of hydrogen-bond acceptors (Lipinski definition) is 5. The van der Waals surface area contributed by atoms with Crippen molar-refractivity contribution in [2.24, 2.45) is 0 Å². The lowest BCUT2D eigenvalue weighted by molar-refractivity contribution is 0.0178. The molecule has 0 aromatic heterocycles. The van der Waals surface area contributed by atoms with E-state index >= 15 is 0 Å². The maximum atomic E-state index is 12.4. The van der Waals surface area contributed by atoms with Crippen LogP contribution in [0.15, 0.2) is 18.2 Å². The van der Waals surface area contributed by atoms with Crippen LogP contribution < -0.4 is 9.47 Å². The third-order valence-electron chi connectivity index (χ3n) is 4.30. The van der Waals surface area contributed by atoms with Crippen LogP contribution in [0, 0.1) is 0 Å². The lowest BCUT2D eigenvalue weighted by Crippen LogP contribution is -2.40. The Morgan fingerprint density at radius 1 is 1.32 bits per heavy atom. The van der Waals surface area contributed by atoms with Gasteiger partial charge in [0.25, 0.3) is 0 Å². The second-order valence-corrected chi connectivity index (χ2v) is 7.33. The molecule has 0 saturated carbocycles. The highest BCUT2D eigenvalue weighted by Crippen LogP contribution is 2.34. The highest BCUT2D eigenvalue weighted by atomic mass is 16.6. The van der Waals surface area contributed by atoms with E-state index in [1.54, 1.807) is 37.3 Å². The fourth-order valence-corrected chi connectivity index (χ4v) is 3.12. The number of benzene rings is 1. The summed E-state index contributed by atoms with van der Waals surface area (Å²) >= 11 is 0. The van der Waals surface area contributed by atoms with E-state index in [4.69, 9.17) is 14.2 Å². The van der Waals surface area contributed by atoms with Crippen molar-refractivity contribution in [3.63, 3.8) is 0 Å². The average molecular weight is 351 g/mol. The Hall–Kier alpha value is -1.95. The van der Waals surface area contributed by atoms with E-state index < -0.39 is 11.7 Å². The van der Waals surface area contributed by atoms with E-state index in [0.29, 0.717) is 30.0 Å². The van der Waals surface area contributed by atoms with Crippen molar-refractivity contribution < 1.29 is 24.1 Å². The summed E-state index contributed by atoms with van der Waals surface area (Å²) in [6, 6.07) is 5.30. The van der Waals surface area contributed by atoms with Gasteiger partial charge in [0, 0.05) is 24.2 Å². The molecule has 6 nitrogen and oxygen atoms in total. The molecule has 0 bridgehead atoms. The Kier molecular flexibility index (Phi) is 6.16. The molecule has 2 unspecified atom stereocenters. The number of likely N-dealkylation sites (tertiary alicyclic amines) is 1. The van der Waals surface area contributed by atoms with E-state index in [1.165, 1.54) is 0 Å². The topological polar surface area (TPSA) is 68.2 Å². The van der Waals surface area contributed by atoms with Crippen LogP contribution in [-0.4, -0.2) is 48.5 Å². The predicted octanol–water partition coefficient (Wildman–Crippen LogP) is 3.53. The molecule has 1 aromatic rings. The number of hydrogen-bond donors (Lipinski definition) is 1. The minimum atomic E-state index is -0.728. The van der Waals surface area contributed by atoms with Crippen LogP contribution in [0.1, 0.15) is 51.7 Å². The molecule has 25 heavy (non-hydrogen) atoms. The van der Waals surface area contributed by atoms with Crippen molar-refractivity contribution in [3.05, 3.63) is 23.8 Å². The zero-order valence-corrected chi connectivity index (χ0v) is 15.7. The number of rotatable bonds is 5. The molecule has 1 amide bonds. The van der Waals surface area contributed by atoms with Crippen LogP contribution in [0.25, 0.3) is 0 Å². The van der Waals surface area contributed by atoms with Gasteiger partial charge in [0.1, 0.15) is 17.1 Å². The van der Waals surface area contributed by atoms with Gasteiger partial charge in [-0.1, -0.05) is 0 Å². The summed E-state index contributed by atoms with van der Waals surface area (Å²) in [5.74, 6) is 1.25. The molecule has 6 heteroatoms. The molecule has 1 N–H and O–H groups in total. The Morgan fingerprint density at radius 2 is 2.04 bits per heavy atom. The minimum Gasteiger partial charge on any atom is -0.497 e. The van der Waals surface area contributed by atoms with Gasteiger partial charge in [-0.3, -0.25) is 0 Å². The number of ether oxygens (including phenoxy) is 3. The van der Waals surface area contributed by atoms with Gasteiger partial charge in [0.05, 0.1) is 20.3 Å². The molecule has 2 rings (SSSR count). The predicted molar refractivity (Wildman–Crippen MR) is 95.1 cm³/mol. The standard InChI is InChI=1S/C19H29NO5/c1-19(2,3)25-18(22)20-10-6-7-13(20)11-16(21)15-9-8-14(23-4)12-17(15)24-5/h8-9,12-13,16,21H,6-7,10-11H2,1-5H3. The number of methoxy groups -OCH3 is 2. The molecule has 0 spiro atoms. The van der Waals surface area contributed by atoms with Crippen LogP contribution in [0.2, 0.25) is 0 Å². The molecular weight excluding hydrogens is 322 g/mol. The minimum absolute atomic E-state index is 0.0448. The van der Waals surface area contributed by atoms with Gasteiger partial charge in [0.2, 0.25) is 0 Å². The number of amides is 1. The normalized spacial score (nSPS) is 18.8. The van der Waals surface area contributed by atoms with Crippen molar-refractivity contribution in [1.82, 2.24) is 4.90 Å². The van der Waals surface area contributed by atoms with Crippen LogP contribution in [0.5, 0.6) is 11.5 Å². The van der Waals surface area contributed by atoms with E-state index in [9.17, 15) is 9.90 Å². The van der Waals surface area contributed by atoms with Gasteiger partial charge in [0.15, 0.2) is 0 Å². The van der Waals surface area contributed by atoms with Gasteiger partial charge in [-0.05, 0) is 52.2 Å². The lowest BCUT2D eigenvalue weighted by Gasteiger charge is -2.30. The second kappa shape index (κ2) is 7.95. The maximum Gasteiger partial charge on any atom is 0.410 e. The van der Waals surface area contributed by atoms with Crippen molar-refractivity contribution in [2.75, 3.05) is 20.8 Å². The first kappa shape index (κ1) is 19.4. The molecule has 1 heterocycles. The highest BCUT2D eigenvalue weighted by molar-refractivity contribution is 5.69. The molecule has 1 aromatic carbocycles. The van der Waals surface area contributed by atoms with Crippen LogP contribution >= 0.6 is 0 Å². The molecule has 0 radical (unpaired) electrons. The molecule has 1 saturated heterocycles. The third-order valence-corrected chi connectivity index (χ3v) is 4.30. The van der Waals surface area contributed by atoms with E-state index in [2.05, 4.69) is 0 Å². The summed E-state index contributed by atoms with van der Waals surface area (Å²) in [5.41, 5.74) is 0.168. The summed E-state index contributed by atoms with van der Waals surface area (Å²) in [6.07, 6.45) is 1.17. The smallest absolute Gasteiger partial charge is 0.410 e. The van der Waals surface area contributed by atoms with E-state index in [-0.39, 0.29) is 12.1 Å². The molecule has 1 aliphatic rings. The van der Waals surface area contributed by atoms with Gasteiger partial charge < -0.3 is 24.2 Å². The summed E-state index contributed by atoms with van der Waals surface area (Å²) in [6.45, 7) is 6.22. The molecule has 1 aliphatic heterocycles. The van der Waals surface area contributed by atoms with Crippen LogP contribution in [0.3, 0.4) is 0 Å². The van der Waals surface area contributed by atoms with E-state index in [0.717, 1.165) is 12.8 Å². The van der Waals surface area contributed by atoms with Crippen molar-refractivity contribution >= 4 is 6.09 Å². The van der Waals surface area contributed by atoms with Crippen LogP contribution in [-0.2, 0) is 4.74 Å². The average Bonchev–Trinajstić information content (AvgIpc) is 3.00. The Labute approximate surface area is 149 Å². The fraction of sp³-hybridized carbons (Fsp3) is 0.632. The van der Waals surface area contributed by atoms with Gasteiger partial charge in [-0.15, -0.1) is 0 Å². The van der Waals surface area contributed by atoms with Gasteiger partial charge >= 0.3 is 6.09 Å². The summed E-state index contributed by atoms with van der Waals surface area (Å²) < 4.78 is 16.0. The maximum absolute atomic E-state index is 12.4. The molecule has 0 aliphatic carbocycles. The third kappa shape index (κ3) is 5.01. The zero-order valence-electron chi connectivity index (χ0n) is 15.7. The Bertz CT molecular complexity index is 596. The van der Waals surface area contributed by atoms with E-state index in [1.807, 2.05) is 20.8 Å². The van der Waals surface area contributed by atoms with Gasteiger partial charge in [-0.2, -0.15) is 0 Å². The number of carbonyl (C=O) groups is 1. The number of aliphatic hydroxyl groups is 1. The van der Waals surface area contributed by atoms with Crippen molar-refractivity contribution in [2.45, 2.75) is 57.8 Å². The number of aliphatic hydroxyl groups excluding tert-OH is 1. The fourth-order valence-electron chi connectivity index (χ4n) is 3.12. The first-order chi connectivity index (χ1) is 11.7. The summed E-state index contributed by atoms with van der Waals surface area (Å²) in [4.78, 5) is 14.1. The highest BCUT2D eigenvalue weighted by Gasteiger charge is 2.34. The first-order valence-corrected chi connectivity index (χ1v) is 8.64. The lowest BCUT2D eigenvalue weighted by atomic mass is 9.99. The Balaban J connectivity index is 2.09. The summed E-state index contributed by atoms with van der Waals surface area (Å²) in [7, 11) is 3.15. The monoisotopic (exact) mass is 351 g/mol. The summed E-state index contributed by atoms with van der Waals surface area (Å²) in [5, 5.41) is 10.7. The van der Waals surface area contributed by atoms with Crippen LogP contribution in [0.4, 0.5) is 4.79 Å². The van der Waals surface area contributed by atoms with Gasteiger partial charge in [-0.25, -0.2) is 4.79 Å². The molecule has 140 valence electrons. The van der Waals surface area contributed by atoms with Crippen molar-refractivity contribution in [3.8, 4) is 11.5 Å². The largest absolute Gasteiger partial charge is 0.497 e. The van der Waals surface area contributed by atoms with Crippen molar-refractivity contribution in [1.29, 1.82) is 0 Å². The molecule has 1 fully saturated rings.